The Morgan fingerprint density at radius 3 is 2.51 bits per heavy atom. The summed E-state index contributed by atoms with van der Waals surface area (Å²) >= 11 is 0. The minimum Gasteiger partial charge on any atom is -0.433 e. The van der Waals surface area contributed by atoms with Gasteiger partial charge in [0.2, 0.25) is 28.1 Å². The number of aromatic nitrogens is 1. The van der Waals surface area contributed by atoms with Crippen LogP contribution in [-0.2, 0) is 33.9 Å². The van der Waals surface area contributed by atoms with Gasteiger partial charge in [0.15, 0.2) is 0 Å². The molecule has 6 rings (SSSR count). The van der Waals surface area contributed by atoms with Crippen LogP contribution in [0.4, 0.5) is 0 Å². The van der Waals surface area contributed by atoms with E-state index in [1.807, 2.05) is 18.2 Å². The van der Waals surface area contributed by atoms with Gasteiger partial charge in [-0.1, -0.05) is 54.6 Å². The van der Waals surface area contributed by atoms with Crippen molar-refractivity contribution in [2.45, 2.75) is 61.5 Å². The van der Waals surface area contributed by atoms with E-state index < -0.39 is 64.2 Å². The quantitative estimate of drug-likeness (QED) is 0.270. The molecule has 47 heavy (non-hydrogen) atoms. The summed E-state index contributed by atoms with van der Waals surface area (Å²) in [7, 11) is -4.05. The zero-order chi connectivity index (χ0) is 33.1. The number of carbonyl (C=O) groups excluding carboxylic acids is 4. The molecule has 2 fully saturated rings. The van der Waals surface area contributed by atoms with Gasteiger partial charge in [0.25, 0.3) is 5.91 Å². The van der Waals surface area contributed by atoms with E-state index in [0.717, 1.165) is 5.39 Å². The normalized spacial score (nSPS) is 25.0. The first-order valence-corrected chi connectivity index (χ1v) is 16.9. The fraction of sp³-hybridized carbons (Fsp3) is 0.364. The van der Waals surface area contributed by atoms with E-state index in [1.165, 1.54) is 27.5 Å². The molecule has 3 aliphatic rings. The molecule has 13 nitrogen and oxygen atoms in total. The Kier molecular flexibility index (Phi) is 9.34. The molecular formula is C33H35N5O8S. The van der Waals surface area contributed by atoms with Crippen molar-refractivity contribution in [3.63, 3.8) is 0 Å². The molecule has 14 heteroatoms. The molecular weight excluding hydrogens is 626 g/mol. The van der Waals surface area contributed by atoms with Gasteiger partial charge in [-0.15, -0.1) is 0 Å². The number of esters is 1. The zero-order valence-electron chi connectivity index (χ0n) is 25.7. The van der Waals surface area contributed by atoms with Crippen molar-refractivity contribution in [2.75, 3.05) is 19.7 Å². The number of ether oxygens (including phenoxy) is 2. The van der Waals surface area contributed by atoms with Gasteiger partial charge in [0, 0.05) is 37.3 Å². The molecule has 0 bridgehead atoms. The predicted octanol–water partition coefficient (Wildman–Crippen LogP) is 1.75. The molecule has 2 unspecified atom stereocenters. The number of carbonyl (C=O) groups is 4. The number of amides is 3. The Labute approximate surface area is 272 Å². The van der Waals surface area contributed by atoms with Crippen molar-refractivity contribution >= 4 is 44.5 Å². The minimum atomic E-state index is -4.05. The summed E-state index contributed by atoms with van der Waals surface area (Å²) in [6.45, 7) is 1.52. The Morgan fingerprint density at radius 1 is 0.979 bits per heavy atom. The molecule has 0 radical (unpaired) electrons. The number of nitrogens with one attached hydrogen (secondary N) is 2. The Bertz CT molecular complexity index is 1810. The standard InChI is InChI=1S/C33H35N5O8S/c1-2-45-33-26(18-28(39)46-33)36-30(40)27-20-37(47(43,44)23-12-4-3-5-13-23)19-22-11-7-9-15-25(32(42)38(22)27)35-31(41)29-24-14-8-6-10-21(24)16-17-34-29/h3-10,12-14,16-17,22,25-27,33H,2,11,15,18-20H2,1H3,(H,35,41)(H,36,40)/t22-,25-,26?,27-,33?/m0/s1. The Hall–Kier alpha value is -4.66. The highest BCUT2D eigenvalue weighted by Gasteiger charge is 2.48. The molecule has 2 N–H and O–H groups in total. The van der Waals surface area contributed by atoms with Crippen molar-refractivity contribution < 1.29 is 37.1 Å². The maximum absolute atomic E-state index is 14.4. The number of piperazine rings is 1. The van der Waals surface area contributed by atoms with Crippen molar-refractivity contribution in [3.05, 3.63) is 84.7 Å². The first-order chi connectivity index (χ1) is 22.7. The Morgan fingerprint density at radius 2 is 1.72 bits per heavy atom. The number of benzene rings is 2. The summed E-state index contributed by atoms with van der Waals surface area (Å²) in [5.41, 5.74) is 0.152. The van der Waals surface area contributed by atoms with Gasteiger partial charge in [0.05, 0.1) is 11.3 Å². The molecule has 4 heterocycles. The van der Waals surface area contributed by atoms with Crippen molar-refractivity contribution in [3.8, 4) is 0 Å². The van der Waals surface area contributed by atoms with Crippen LogP contribution in [0.25, 0.3) is 10.8 Å². The summed E-state index contributed by atoms with van der Waals surface area (Å²) in [4.78, 5) is 59.8. The van der Waals surface area contributed by atoms with E-state index in [0.29, 0.717) is 5.39 Å². The minimum absolute atomic E-state index is 0.0549. The SMILES string of the molecule is CCOC1OC(=O)CC1NC(=O)[C@@H]1CN(S(=O)(=O)c2ccccc2)C[C@@H]2CC=CC[C@H](NC(=O)c3nccc4ccccc34)C(=O)N21. The highest BCUT2D eigenvalue weighted by atomic mass is 32.2. The van der Waals surface area contributed by atoms with E-state index in [4.69, 9.17) is 9.47 Å². The van der Waals surface area contributed by atoms with E-state index in [9.17, 15) is 27.6 Å². The number of hydrogen-bond donors (Lipinski definition) is 2. The van der Waals surface area contributed by atoms with Gasteiger partial charge < -0.3 is 25.0 Å². The summed E-state index contributed by atoms with van der Waals surface area (Å²) in [5, 5.41) is 7.02. The molecule has 2 aromatic carbocycles. The van der Waals surface area contributed by atoms with Gasteiger partial charge in [-0.25, -0.2) is 8.42 Å². The van der Waals surface area contributed by atoms with Crippen LogP contribution in [0, 0.1) is 0 Å². The molecule has 5 atom stereocenters. The first-order valence-electron chi connectivity index (χ1n) is 15.5. The van der Waals surface area contributed by atoms with Gasteiger partial charge in [-0.2, -0.15) is 4.31 Å². The third-order valence-electron chi connectivity index (χ3n) is 8.52. The molecule has 0 saturated carbocycles. The van der Waals surface area contributed by atoms with Gasteiger partial charge in [-0.3, -0.25) is 24.2 Å². The van der Waals surface area contributed by atoms with Gasteiger partial charge in [-0.05, 0) is 43.4 Å². The van der Waals surface area contributed by atoms with Crippen LogP contribution in [0.2, 0.25) is 0 Å². The van der Waals surface area contributed by atoms with E-state index in [2.05, 4.69) is 15.6 Å². The van der Waals surface area contributed by atoms with E-state index in [1.54, 1.807) is 49.4 Å². The molecule has 0 spiro atoms. The smallest absolute Gasteiger partial charge is 0.310 e. The predicted molar refractivity (Wildman–Crippen MR) is 169 cm³/mol. The number of cyclic esters (lactones) is 1. The molecule has 3 aromatic rings. The monoisotopic (exact) mass is 661 g/mol. The zero-order valence-corrected chi connectivity index (χ0v) is 26.5. The maximum atomic E-state index is 14.4. The third kappa shape index (κ3) is 6.62. The average Bonchev–Trinajstić information content (AvgIpc) is 3.42. The summed E-state index contributed by atoms with van der Waals surface area (Å²) in [5.74, 6) is -2.32. The second-order valence-corrected chi connectivity index (χ2v) is 13.5. The molecule has 1 aromatic heterocycles. The lowest BCUT2D eigenvalue weighted by Crippen LogP contribution is -2.68. The Balaban J connectivity index is 1.32. The molecule has 246 valence electrons. The van der Waals surface area contributed by atoms with Crippen molar-refractivity contribution in [1.29, 1.82) is 0 Å². The number of nitrogens with zero attached hydrogens (tertiary/aromatic N) is 3. The second-order valence-electron chi connectivity index (χ2n) is 11.5. The average molecular weight is 662 g/mol. The summed E-state index contributed by atoms with van der Waals surface area (Å²) in [6.07, 6.45) is 4.36. The number of sulfonamides is 1. The van der Waals surface area contributed by atoms with Crippen molar-refractivity contribution in [2.24, 2.45) is 0 Å². The second kappa shape index (κ2) is 13.6. The molecule has 3 amide bonds. The highest BCUT2D eigenvalue weighted by Crippen LogP contribution is 2.28. The number of rotatable bonds is 8. The summed E-state index contributed by atoms with van der Waals surface area (Å²) in [6, 6.07) is 13.0. The lowest BCUT2D eigenvalue weighted by Gasteiger charge is -2.47. The van der Waals surface area contributed by atoms with Crippen LogP contribution in [0.5, 0.6) is 0 Å². The molecule has 3 aliphatic heterocycles. The number of fused-ring (bicyclic) bond motifs is 2. The summed E-state index contributed by atoms with van der Waals surface area (Å²) < 4.78 is 39.5. The maximum Gasteiger partial charge on any atom is 0.310 e. The van der Waals surface area contributed by atoms with Crippen LogP contribution in [-0.4, -0.2) is 96.5 Å². The van der Waals surface area contributed by atoms with Gasteiger partial charge >= 0.3 is 5.97 Å². The first kappa shape index (κ1) is 32.3. The number of hydrogen-bond acceptors (Lipinski definition) is 9. The van der Waals surface area contributed by atoms with Crippen LogP contribution < -0.4 is 10.6 Å². The topological polar surface area (TPSA) is 164 Å². The number of pyridine rings is 1. The third-order valence-corrected chi connectivity index (χ3v) is 10.4. The van der Waals surface area contributed by atoms with E-state index in [-0.39, 0.29) is 49.5 Å². The molecule has 2 saturated heterocycles. The van der Waals surface area contributed by atoms with E-state index >= 15 is 0 Å². The van der Waals surface area contributed by atoms with Crippen LogP contribution in [0.3, 0.4) is 0 Å². The molecule has 0 aliphatic carbocycles. The largest absolute Gasteiger partial charge is 0.433 e. The van der Waals surface area contributed by atoms with Gasteiger partial charge in [0.1, 0.15) is 23.8 Å². The van der Waals surface area contributed by atoms with Crippen LogP contribution in [0.1, 0.15) is 36.7 Å². The highest BCUT2D eigenvalue weighted by molar-refractivity contribution is 7.89. The van der Waals surface area contributed by atoms with Crippen molar-refractivity contribution in [1.82, 2.24) is 24.8 Å². The fourth-order valence-corrected chi connectivity index (χ4v) is 7.77. The fourth-order valence-electron chi connectivity index (χ4n) is 6.26. The van der Waals surface area contributed by atoms with Crippen LogP contribution >= 0.6 is 0 Å². The van der Waals surface area contributed by atoms with Crippen LogP contribution in [0.15, 0.2) is 83.9 Å². The lowest BCUT2D eigenvalue weighted by molar-refractivity contribution is -0.165. The lowest BCUT2D eigenvalue weighted by atomic mass is 9.97.